The van der Waals surface area contributed by atoms with Crippen molar-refractivity contribution in [1.29, 1.82) is 0 Å². The molecule has 0 aromatic rings. The second kappa shape index (κ2) is 4.16. The van der Waals surface area contributed by atoms with E-state index in [1.165, 1.54) is 6.26 Å². The highest BCUT2D eigenvalue weighted by Crippen LogP contribution is 2.22. The number of sulfone groups is 1. The van der Waals surface area contributed by atoms with Crippen LogP contribution in [-0.2, 0) is 9.84 Å². The van der Waals surface area contributed by atoms with Gasteiger partial charge in [0.15, 0.2) is 5.96 Å². The van der Waals surface area contributed by atoms with Crippen molar-refractivity contribution in [2.24, 2.45) is 10.7 Å². The van der Waals surface area contributed by atoms with Crippen molar-refractivity contribution in [2.75, 3.05) is 12.0 Å². The molecule has 82 valence electrons. The van der Waals surface area contributed by atoms with Crippen LogP contribution in [0.15, 0.2) is 4.99 Å². The number of hydrogen-bond acceptors (Lipinski definition) is 3. The first-order valence-corrected chi connectivity index (χ1v) is 6.70. The molecule has 0 bridgehead atoms. The summed E-state index contributed by atoms with van der Waals surface area (Å²) in [7, 11) is -2.95. The van der Waals surface area contributed by atoms with Crippen LogP contribution in [0.2, 0.25) is 0 Å². The van der Waals surface area contributed by atoms with E-state index < -0.39 is 9.84 Å². The van der Waals surface area contributed by atoms with Crippen molar-refractivity contribution in [3.63, 3.8) is 0 Å². The van der Waals surface area contributed by atoms with Crippen molar-refractivity contribution < 1.29 is 8.42 Å². The number of rotatable bonds is 4. The molecule has 1 saturated carbocycles. The third kappa shape index (κ3) is 5.06. The summed E-state index contributed by atoms with van der Waals surface area (Å²) in [6.45, 7) is 1.77. The molecule has 0 aromatic heterocycles. The Hall–Kier alpha value is -0.780. The van der Waals surface area contributed by atoms with E-state index in [0.29, 0.717) is 12.0 Å². The van der Waals surface area contributed by atoms with Crippen LogP contribution in [0.5, 0.6) is 0 Å². The molecule has 1 aliphatic carbocycles. The van der Waals surface area contributed by atoms with Crippen LogP contribution in [0.3, 0.4) is 0 Å². The second-order valence-corrected chi connectivity index (χ2v) is 6.07. The molecule has 1 fully saturated rings. The minimum absolute atomic E-state index is 0.0773. The smallest absolute Gasteiger partial charge is 0.189 e. The van der Waals surface area contributed by atoms with E-state index in [1.54, 1.807) is 6.92 Å². The van der Waals surface area contributed by atoms with Crippen LogP contribution in [0, 0.1) is 0 Å². The van der Waals surface area contributed by atoms with Gasteiger partial charge in [-0.05, 0) is 19.8 Å². The molecule has 0 heterocycles. The summed E-state index contributed by atoms with van der Waals surface area (Å²) in [4.78, 5) is 4.15. The van der Waals surface area contributed by atoms with Crippen LogP contribution in [0.25, 0.3) is 0 Å². The molecule has 5 nitrogen and oxygen atoms in total. The van der Waals surface area contributed by atoms with E-state index in [4.69, 9.17) is 5.73 Å². The number of guanidine groups is 1. The average molecular weight is 219 g/mol. The Kier molecular flexibility index (Phi) is 3.36. The lowest BCUT2D eigenvalue weighted by molar-refractivity contribution is 0.590. The zero-order valence-corrected chi connectivity index (χ0v) is 9.34. The van der Waals surface area contributed by atoms with Gasteiger partial charge >= 0.3 is 0 Å². The fourth-order valence-corrected chi connectivity index (χ4v) is 2.18. The Morgan fingerprint density at radius 3 is 2.64 bits per heavy atom. The molecule has 14 heavy (non-hydrogen) atoms. The maximum absolute atomic E-state index is 10.9. The number of hydrogen-bond donors (Lipinski definition) is 2. The predicted molar refractivity (Wildman–Crippen MR) is 57.0 cm³/mol. The Bertz CT molecular complexity index is 319. The largest absolute Gasteiger partial charge is 0.370 e. The van der Waals surface area contributed by atoms with Gasteiger partial charge in [0.05, 0.1) is 11.8 Å². The lowest BCUT2D eigenvalue weighted by Gasteiger charge is -2.12. The number of nitrogens with zero attached hydrogens (tertiary/aromatic N) is 1. The molecular weight excluding hydrogens is 202 g/mol. The highest BCUT2D eigenvalue weighted by atomic mass is 32.2. The van der Waals surface area contributed by atoms with E-state index in [9.17, 15) is 8.42 Å². The monoisotopic (exact) mass is 219 g/mol. The van der Waals surface area contributed by atoms with Gasteiger partial charge in [0, 0.05) is 12.3 Å². The highest BCUT2D eigenvalue weighted by molar-refractivity contribution is 7.90. The summed E-state index contributed by atoms with van der Waals surface area (Å²) >= 11 is 0. The Morgan fingerprint density at radius 1 is 1.64 bits per heavy atom. The Morgan fingerprint density at radius 2 is 2.21 bits per heavy atom. The van der Waals surface area contributed by atoms with Crippen LogP contribution >= 0.6 is 0 Å². The molecule has 0 amide bonds. The summed E-state index contributed by atoms with van der Waals surface area (Å²) in [5.41, 5.74) is 5.58. The molecule has 0 radical (unpaired) electrons. The molecule has 0 aliphatic heterocycles. The summed E-state index contributed by atoms with van der Waals surface area (Å²) < 4.78 is 21.9. The summed E-state index contributed by atoms with van der Waals surface area (Å²) in [6, 6.07) is 0.167. The first-order valence-electron chi connectivity index (χ1n) is 4.64. The predicted octanol–water partition coefficient (Wildman–Crippen LogP) is -0.514. The minimum Gasteiger partial charge on any atom is -0.370 e. The molecule has 3 N–H and O–H groups in total. The van der Waals surface area contributed by atoms with Gasteiger partial charge < -0.3 is 11.1 Å². The van der Waals surface area contributed by atoms with E-state index >= 15 is 0 Å². The summed E-state index contributed by atoms with van der Waals surface area (Å²) in [5, 5.41) is 2.86. The zero-order chi connectivity index (χ0) is 10.8. The number of nitrogens with one attached hydrogen (secondary N) is 1. The molecule has 6 heteroatoms. The maximum atomic E-state index is 10.9. The minimum atomic E-state index is -2.95. The summed E-state index contributed by atoms with van der Waals surface area (Å²) in [5.74, 6) is 0.428. The van der Waals surface area contributed by atoms with Crippen LogP contribution in [0.4, 0.5) is 0 Å². The van der Waals surface area contributed by atoms with Gasteiger partial charge in [-0.25, -0.2) is 8.42 Å². The van der Waals surface area contributed by atoms with Gasteiger partial charge in [-0.2, -0.15) is 0 Å². The quantitative estimate of drug-likeness (QED) is 0.492. The maximum Gasteiger partial charge on any atom is 0.189 e. The molecule has 0 aromatic carbocycles. The van der Waals surface area contributed by atoms with E-state index in [1.807, 2.05) is 0 Å². The molecule has 1 atom stereocenters. The fraction of sp³-hybridized carbons (Fsp3) is 0.875. The lowest BCUT2D eigenvalue weighted by atomic mass is 10.4. The van der Waals surface area contributed by atoms with Gasteiger partial charge in [0.2, 0.25) is 0 Å². The van der Waals surface area contributed by atoms with Gasteiger partial charge in [-0.3, -0.25) is 4.99 Å². The second-order valence-electron chi connectivity index (χ2n) is 3.88. The first-order chi connectivity index (χ1) is 6.37. The third-order valence-corrected chi connectivity index (χ3v) is 2.92. The molecular formula is C8H17N3O2S. The van der Waals surface area contributed by atoms with E-state index in [-0.39, 0.29) is 11.8 Å². The fourth-order valence-electron chi connectivity index (χ4n) is 1.19. The highest BCUT2D eigenvalue weighted by Gasteiger charge is 2.21. The molecule has 0 spiro atoms. The molecule has 1 aliphatic rings. The van der Waals surface area contributed by atoms with Crippen LogP contribution in [0.1, 0.15) is 19.8 Å². The Labute approximate surface area is 84.7 Å². The van der Waals surface area contributed by atoms with Crippen molar-refractivity contribution in [3.8, 4) is 0 Å². The number of nitrogens with two attached hydrogens (primary N) is 1. The van der Waals surface area contributed by atoms with Crippen molar-refractivity contribution in [3.05, 3.63) is 0 Å². The zero-order valence-electron chi connectivity index (χ0n) is 8.53. The third-order valence-electron chi connectivity index (χ3n) is 1.82. The SMILES string of the molecule is CC(CS(C)(=O)=O)NC(N)=NC1CC1. The topological polar surface area (TPSA) is 84.5 Å². The van der Waals surface area contributed by atoms with Gasteiger partial charge in [-0.1, -0.05) is 0 Å². The van der Waals surface area contributed by atoms with Crippen molar-refractivity contribution >= 4 is 15.8 Å². The van der Waals surface area contributed by atoms with Gasteiger partial charge in [-0.15, -0.1) is 0 Å². The van der Waals surface area contributed by atoms with Crippen LogP contribution < -0.4 is 11.1 Å². The summed E-state index contributed by atoms with van der Waals surface area (Å²) in [6.07, 6.45) is 3.38. The van der Waals surface area contributed by atoms with Crippen LogP contribution in [-0.4, -0.2) is 38.5 Å². The number of aliphatic imine (C=N–C) groups is 1. The van der Waals surface area contributed by atoms with Gasteiger partial charge in [0.25, 0.3) is 0 Å². The standard InChI is InChI=1S/C8H17N3O2S/c1-6(5-14(2,12)13)10-8(9)11-7-3-4-7/h6-7H,3-5H2,1-2H3,(H3,9,10,11). The van der Waals surface area contributed by atoms with Crippen molar-refractivity contribution in [1.82, 2.24) is 5.32 Å². The van der Waals surface area contributed by atoms with Gasteiger partial charge in [0.1, 0.15) is 9.84 Å². The first kappa shape index (κ1) is 11.3. The Balaban J connectivity index is 2.35. The normalized spacial score (nSPS) is 20.6. The lowest BCUT2D eigenvalue weighted by Crippen LogP contribution is -2.42. The van der Waals surface area contributed by atoms with E-state index in [0.717, 1.165) is 12.8 Å². The average Bonchev–Trinajstić information content (AvgIpc) is 2.64. The van der Waals surface area contributed by atoms with E-state index in [2.05, 4.69) is 10.3 Å². The molecule has 1 unspecified atom stereocenters. The van der Waals surface area contributed by atoms with Crippen molar-refractivity contribution in [2.45, 2.75) is 31.8 Å². The molecule has 1 rings (SSSR count). The molecule has 0 saturated heterocycles.